The van der Waals surface area contributed by atoms with Crippen LogP contribution in [0.2, 0.25) is 0 Å². The molecule has 0 fully saturated rings. The summed E-state index contributed by atoms with van der Waals surface area (Å²) in [6, 6.07) is 10.9. The van der Waals surface area contributed by atoms with Crippen molar-refractivity contribution in [3.05, 3.63) is 59.2 Å². The summed E-state index contributed by atoms with van der Waals surface area (Å²) in [5.41, 5.74) is 2.01. The van der Waals surface area contributed by atoms with Gasteiger partial charge in [-0.2, -0.15) is 0 Å². The lowest BCUT2D eigenvalue weighted by Gasteiger charge is -2.25. The second-order valence-corrected chi connectivity index (χ2v) is 8.21. The average molecular weight is 419 g/mol. The van der Waals surface area contributed by atoms with E-state index < -0.39 is 28.5 Å². The Morgan fingerprint density at radius 3 is 2.10 bits per heavy atom. The van der Waals surface area contributed by atoms with Gasteiger partial charge in [0.05, 0.1) is 29.4 Å². The van der Waals surface area contributed by atoms with Crippen LogP contribution in [0.4, 0.5) is 5.69 Å². The Bertz CT molecular complexity index is 983. The first-order valence-corrected chi connectivity index (χ1v) is 10.7. The van der Waals surface area contributed by atoms with E-state index in [0.717, 1.165) is 9.87 Å². The highest BCUT2D eigenvalue weighted by Gasteiger charge is 2.29. The summed E-state index contributed by atoms with van der Waals surface area (Å²) >= 11 is 0. The van der Waals surface area contributed by atoms with E-state index in [0.29, 0.717) is 11.1 Å². The lowest BCUT2D eigenvalue weighted by molar-refractivity contribution is -0.141. The Labute approximate surface area is 171 Å². The van der Waals surface area contributed by atoms with Gasteiger partial charge in [0.2, 0.25) is 0 Å². The van der Waals surface area contributed by atoms with Crippen LogP contribution in [0.15, 0.2) is 47.4 Å². The molecule has 0 atom stereocenters. The number of anilines is 1. The van der Waals surface area contributed by atoms with Gasteiger partial charge >= 0.3 is 11.9 Å². The molecule has 0 unspecified atom stereocenters. The van der Waals surface area contributed by atoms with E-state index >= 15 is 0 Å². The number of hydrogen-bond donors (Lipinski definition) is 0. The maximum atomic E-state index is 13.3. The summed E-state index contributed by atoms with van der Waals surface area (Å²) in [6.07, 6.45) is 0. The molecule has 0 saturated carbocycles. The molecule has 2 rings (SSSR count). The molecule has 156 valence electrons. The Kier molecular flexibility index (Phi) is 7.39. The van der Waals surface area contributed by atoms with Crippen molar-refractivity contribution in [2.75, 3.05) is 24.1 Å². The Morgan fingerprint density at radius 2 is 1.55 bits per heavy atom. The van der Waals surface area contributed by atoms with Crippen LogP contribution in [0.25, 0.3) is 0 Å². The predicted octanol–water partition coefficient (Wildman–Crippen LogP) is 3.24. The number of nitrogens with zero attached hydrogens (tertiary/aromatic N) is 1. The maximum absolute atomic E-state index is 13.3. The number of hydrogen-bond acceptors (Lipinski definition) is 6. The van der Waals surface area contributed by atoms with Gasteiger partial charge in [-0.25, -0.2) is 13.2 Å². The van der Waals surface area contributed by atoms with Gasteiger partial charge in [0.15, 0.2) is 0 Å². The number of aryl methyl sites for hydroxylation is 2. The van der Waals surface area contributed by atoms with Gasteiger partial charge in [0.25, 0.3) is 10.0 Å². The molecule has 0 amide bonds. The molecule has 0 aliphatic heterocycles. The highest BCUT2D eigenvalue weighted by Crippen LogP contribution is 2.28. The molecule has 7 nitrogen and oxygen atoms in total. The normalized spacial score (nSPS) is 11.0. The lowest BCUT2D eigenvalue weighted by atomic mass is 10.1. The summed E-state index contributed by atoms with van der Waals surface area (Å²) in [5, 5.41) is 0. The molecule has 0 spiro atoms. The molecular formula is C21H25NO6S. The van der Waals surface area contributed by atoms with Crippen LogP contribution in [-0.4, -0.2) is 40.1 Å². The van der Waals surface area contributed by atoms with E-state index in [1.807, 2.05) is 6.92 Å². The molecule has 0 heterocycles. The van der Waals surface area contributed by atoms with Crippen LogP contribution >= 0.6 is 0 Å². The number of sulfonamides is 1. The number of benzene rings is 2. The topological polar surface area (TPSA) is 90.0 Å². The van der Waals surface area contributed by atoms with Gasteiger partial charge in [-0.3, -0.25) is 9.10 Å². The second kappa shape index (κ2) is 9.56. The van der Waals surface area contributed by atoms with Crippen molar-refractivity contribution in [1.29, 1.82) is 0 Å². The summed E-state index contributed by atoms with van der Waals surface area (Å²) in [7, 11) is -4.03. The lowest BCUT2D eigenvalue weighted by Crippen LogP contribution is -2.37. The van der Waals surface area contributed by atoms with E-state index in [9.17, 15) is 18.0 Å². The van der Waals surface area contributed by atoms with Crippen molar-refractivity contribution in [2.24, 2.45) is 0 Å². The molecule has 8 heteroatoms. The molecular weight excluding hydrogens is 394 g/mol. The van der Waals surface area contributed by atoms with Crippen LogP contribution in [0, 0.1) is 13.8 Å². The monoisotopic (exact) mass is 419 g/mol. The predicted molar refractivity (Wildman–Crippen MR) is 109 cm³/mol. The Hall–Kier alpha value is -2.87. The van der Waals surface area contributed by atoms with Crippen LogP contribution in [-0.2, 0) is 24.3 Å². The number of esters is 2. The Morgan fingerprint density at radius 1 is 0.931 bits per heavy atom. The Balaban J connectivity index is 2.52. The standard InChI is InChI=1S/C21H25NO6S/c1-5-27-20(23)14-22(29(25,26)18-10-7-15(3)8-11-18)19-12-9-17(13-16(19)4)21(24)28-6-2/h7-13H,5-6,14H2,1-4H3. The molecule has 29 heavy (non-hydrogen) atoms. The van der Waals surface area contributed by atoms with Gasteiger partial charge in [0.1, 0.15) is 6.54 Å². The molecule has 2 aromatic rings. The fourth-order valence-corrected chi connectivity index (χ4v) is 4.21. The van der Waals surface area contributed by atoms with Crippen LogP contribution < -0.4 is 4.31 Å². The van der Waals surface area contributed by atoms with Gasteiger partial charge < -0.3 is 9.47 Å². The van der Waals surface area contributed by atoms with E-state index in [1.54, 1.807) is 32.9 Å². The summed E-state index contributed by atoms with van der Waals surface area (Å²) in [6.45, 7) is 6.76. The first kappa shape index (κ1) is 22.4. The third-order valence-electron chi connectivity index (χ3n) is 4.16. The maximum Gasteiger partial charge on any atom is 0.338 e. The summed E-state index contributed by atoms with van der Waals surface area (Å²) in [5.74, 6) is -1.17. The third-order valence-corrected chi connectivity index (χ3v) is 5.94. The minimum atomic E-state index is -4.03. The summed E-state index contributed by atoms with van der Waals surface area (Å²) in [4.78, 5) is 24.1. The molecule has 0 aliphatic carbocycles. The van der Waals surface area contributed by atoms with Gasteiger partial charge in [-0.05, 0) is 63.6 Å². The van der Waals surface area contributed by atoms with Crippen molar-refractivity contribution in [1.82, 2.24) is 0 Å². The summed E-state index contributed by atoms with van der Waals surface area (Å²) < 4.78 is 37.5. The largest absolute Gasteiger partial charge is 0.465 e. The van der Waals surface area contributed by atoms with E-state index in [2.05, 4.69) is 0 Å². The minimum absolute atomic E-state index is 0.0567. The van der Waals surface area contributed by atoms with Gasteiger partial charge in [0, 0.05) is 0 Å². The first-order valence-electron chi connectivity index (χ1n) is 9.23. The minimum Gasteiger partial charge on any atom is -0.465 e. The first-order chi connectivity index (χ1) is 13.7. The molecule has 0 bridgehead atoms. The van der Waals surface area contributed by atoms with Crippen LogP contribution in [0.1, 0.15) is 35.3 Å². The van der Waals surface area contributed by atoms with Gasteiger partial charge in [-0.1, -0.05) is 17.7 Å². The third kappa shape index (κ3) is 5.35. The quantitative estimate of drug-likeness (QED) is 0.610. The zero-order valence-corrected chi connectivity index (χ0v) is 17.8. The van der Waals surface area contributed by atoms with E-state index in [-0.39, 0.29) is 23.8 Å². The average Bonchev–Trinajstić information content (AvgIpc) is 2.67. The van der Waals surface area contributed by atoms with Crippen molar-refractivity contribution in [3.63, 3.8) is 0 Å². The van der Waals surface area contributed by atoms with Crippen LogP contribution in [0.3, 0.4) is 0 Å². The molecule has 2 aromatic carbocycles. The van der Waals surface area contributed by atoms with Crippen molar-refractivity contribution >= 4 is 27.6 Å². The number of ether oxygens (including phenoxy) is 2. The highest BCUT2D eigenvalue weighted by atomic mass is 32.2. The molecule has 0 aromatic heterocycles. The highest BCUT2D eigenvalue weighted by molar-refractivity contribution is 7.92. The molecule has 0 N–H and O–H groups in total. The van der Waals surface area contributed by atoms with Gasteiger partial charge in [-0.15, -0.1) is 0 Å². The fourth-order valence-electron chi connectivity index (χ4n) is 2.74. The van der Waals surface area contributed by atoms with Crippen LogP contribution in [0.5, 0.6) is 0 Å². The van der Waals surface area contributed by atoms with Crippen molar-refractivity contribution in [2.45, 2.75) is 32.6 Å². The number of rotatable bonds is 8. The molecule has 0 aliphatic rings. The SMILES string of the molecule is CCOC(=O)CN(c1ccc(C(=O)OCC)cc1C)S(=O)(=O)c1ccc(C)cc1. The van der Waals surface area contributed by atoms with Crippen molar-refractivity contribution in [3.8, 4) is 0 Å². The zero-order chi connectivity index (χ0) is 21.6. The zero-order valence-electron chi connectivity index (χ0n) is 17.0. The van der Waals surface area contributed by atoms with E-state index in [1.165, 1.54) is 30.3 Å². The molecule has 0 radical (unpaired) electrons. The smallest absolute Gasteiger partial charge is 0.338 e. The number of carbonyl (C=O) groups is 2. The fraction of sp³-hybridized carbons (Fsp3) is 0.333. The number of carbonyl (C=O) groups excluding carboxylic acids is 2. The van der Waals surface area contributed by atoms with Crippen molar-refractivity contribution < 1.29 is 27.5 Å². The van der Waals surface area contributed by atoms with E-state index in [4.69, 9.17) is 9.47 Å². The second-order valence-electron chi connectivity index (χ2n) is 6.35. The molecule has 0 saturated heterocycles.